The van der Waals surface area contributed by atoms with Crippen molar-refractivity contribution in [2.75, 3.05) is 0 Å². The Morgan fingerprint density at radius 1 is 0.960 bits per heavy atom. The molecule has 25 heavy (non-hydrogen) atoms. The fraction of sp³-hybridized carbons (Fsp3) is 0.105. The van der Waals surface area contributed by atoms with E-state index < -0.39 is 23.8 Å². The van der Waals surface area contributed by atoms with Crippen LogP contribution in [-0.4, -0.2) is 23.8 Å². The zero-order valence-corrected chi connectivity index (χ0v) is 13.6. The highest BCUT2D eigenvalue weighted by Gasteiger charge is 2.16. The maximum absolute atomic E-state index is 12.3. The molecule has 2 N–H and O–H groups in total. The number of hydrogen-bond donors (Lipinski definition) is 2. The second kappa shape index (κ2) is 8.44. The van der Waals surface area contributed by atoms with E-state index in [-0.39, 0.29) is 5.70 Å². The number of rotatable bonds is 6. The van der Waals surface area contributed by atoms with Gasteiger partial charge in [0.05, 0.1) is 12.0 Å². The van der Waals surface area contributed by atoms with Crippen molar-refractivity contribution < 1.29 is 19.5 Å². The number of amides is 2. The Morgan fingerprint density at radius 2 is 1.52 bits per heavy atom. The number of benzene rings is 2. The molecule has 0 spiro atoms. The van der Waals surface area contributed by atoms with Crippen LogP contribution in [-0.2, 0) is 9.59 Å². The Labute approximate surface area is 145 Å². The molecule has 6 heteroatoms. The van der Waals surface area contributed by atoms with Crippen molar-refractivity contribution in [2.45, 2.75) is 13.0 Å². The fourth-order valence-corrected chi connectivity index (χ4v) is 1.99. The van der Waals surface area contributed by atoms with Crippen LogP contribution in [0.4, 0.5) is 0 Å². The van der Waals surface area contributed by atoms with Gasteiger partial charge in [0.25, 0.3) is 11.8 Å². The number of hydrogen-bond acceptors (Lipinski definition) is 4. The van der Waals surface area contributed by atoms with Gasteiger partial charge in [0, 0.05) is 5.56 Å². The van der Waals surface area contributed by atoms with Gasteiger partial charge in [0.15, 0.2) is 0 Å². The molecule has 0 unspecified atom stereocenters. The van der Waals surface area contributed by atoms with Gasteiger partial charge in [-0.25, -0.2) is 0 Å². The maximum atomic E-state index is 12.3. The SMILES string of the molecule is C[C@@H](NC(=O)/C(=C/c1ccccc1)NC(=O)c1ccccc1)C(=O)[O-]. The van der Waals surface area contributed by atoms with E-state index in [2.05, 4.69) is 10.6 Å². The summed E-state index contributed by atoms with van der Waals surface area (Å²) in [5, 5.41) is 15.6. The number of carboxylic acids is 1. The third-order valence-electron chi connectivity index (χ3n) is 3.34. The van der Waals surface area contributed by atoms with Gasteiger partial charge >= 0.3 is 0 Å². The van der Waals surface area contributed by atoms with E-state index in [0.717, 1.165) is 0 Å². The highest BCUT2D eigenvalue weighted by Crippen LogP contribution is 2.07. The number of carboxylic acid groups (broad SMARTS) is 1. The topological polar surface area (TPSA) is 98.3 Å². The van der Waals surface area contributed by atoms with Crippen LogP contribution in [0.15, 0.2) is 66.4 Å². The summed E-state index contributed by atoms with van der Waals surface area (Å²) >= 11 is 0. The lowest BCUT2D eigenvalue weighted by atomic mass is 10.1. The summed E-state index contributed by atoms with van der Waals surface area (Å²) in [6.07, 6.45) is 1.47. The standard InChI is InChI=1S/C19H18N2O4/c1-13(19(24)25)20-18(23)16(12-14-8-4-2-5-9-14)21-17(22)15-10-6-3-7-11-15/h2-13H,1H3,(H,20,23)(H,21,22)(H,24,25)/p-1/b16-12-/t13-/m1/s1. The van der Waals surface area contributed by atoms with E-state index in [1.54, 1.807) is 54.6 Å². The molecule has 2 aromatic rings. The lowest BCUT2D eigenvalue weighted by molar-refractivity contribution is -0.307. The first-order chi connectivity index (χ1) is 12.0. The normalized spacial score (nSPS) is 12.1. The van der Waals surface area contributed by atoms with Crippen molar-refractivity contribution in [1.82, 2.24) is 10.6 Å². The Hall–Kier alpha value is -3.41. The first-order valence-corrected chi connectivity index (χ1v) is 7.62. The third-order valence-corrected chi connectivity index (χ3v) is 3.34. The van der Waals surface area contributed by atoms with E-state index in [1.807, 2.05) is 6.07 Å². The summed E-state index contributed by atoms with van der Waals surface area (Å²) < 4.78 is 0. The Balaban J connectivity index is 2.26. The van der Waals surface area contributed by atoms with Crippen molar-refractivity contribution in [2.24, 2.45) is 0 Å². The van der Waals surface area contributed by atoms with E-state index >= 15 is 0 Å². The minimum Gasteiger partial charge on any atom is -0.548 e. The summed E-state index contributed by atoms with van der Waals surface area (Å²) in [7, 11) is 0. The van der Waals surface area contributed by atoms with Gasteiger partial charge < -0.3 is 20.5 Å². The average Bonchev–Trinajstić information content (AvgIpc) is 2.62. The molecule has 0 saturated carbocycles. The summed E-state index contributed by atoms with van der Waals surface area (Å²) in [4.78, 5) is 35.5. The molecular weight excluding hydrogens is 320 g/mol. The average molecular weight is 337 g/mol. The van der Waals surface area contributed by atoms with Gasteiger partial charge in [0.1, 0.15) is 5.70 Å². The van der Waals surface area contributed by atoms with Crippen LogP contribution in [0.5, 0.6) is 0 Å². The summed E-state index contributed by atoms with van der Waals surface area (Å²) in [5.74, 6) is -2.61. The molecular formula is C19H17N2O4-. The van der Waals surface area contributed by atoms with Gasteiger partial charge in [-0.05, 0) is 30.7 Å². The minimum atomic E-state index is -1.42. The molecule has 0 aliphatic carbocycles. The van der Waals surface area contributed by atoms with Crippen molar-refractivity contribution in [3.8, 4) is 0 Å². The lowest BCUT2D eigenvalue weighted by Crippen LogP contribution is -2.48. The van der Waals surface area contributed by atoms with Gasteiger partial charge in [-0.1, -0.05) is 48.5 Å². The first-order valence-electron chi connectivity index (χ1n) is 7.62. The smallest absolute Gasteiger partial charge is 0.268 e. The molecule has 2 amide bonds. The molecule has 0 aliphatic heterocycles. The zero-order valence-electron chi connectivity index (χ0n) is 13.6. The van der Waals surface area contributed by atoms with Gasteiger partial charge in [-0.15, -0.1) is 0 Å². The second-order valence-electron chi connectivity index (χ2n) is 5.30. The fourth-order valence-electron chi connectivity index (χ4n) is 1.99. The van der Waals surface area contributed by atoms with Crippen LogP contribution in [0.25, 0.3) is 6.08 Å². The predicted molar refractivity (Wildman–Crippen MR) is 90.9 cm³/mol. The van der Waals surface area contributed by atoms with Crippen LogP contribution in [0.1, 0.15) is 22.8 Å². The molecule has 0 saturated heterocycles. The maximum Gasteiger partial charge on any atom is 0.268 e. The third kappa shape index (κ3) is 5.31. The number of aliphatic carboxylic acids is 1. The van der Waals surface area contributed by atoms with Gasteiger partial charge in [-0.2, -0.15) is 0 Å². The molecule has 6 nitrogen and oxygen atoms in total. The Bertz CT molecular complexity index is 786. The largest absolute Gasteiger partial charge is 0.548 e. The van der Waals surface area contributed by atoms with Crippen molar-refractivity contribution >= 4 is 23.9 Å². The van der Waals surface area contributed by atoms with Gasteiger partial charge in [-0.3, -0.25) is 9.59 Å². The summed E-state index contributed by atoms with van der Waals surface area (Å²) in [5.41, 5.74) is 0.998. The number of carbonyl (C=O) groups excluding carboxylic acids is 3. The van der Waals surface area contributed by atoms with Crippen LogP contribution in [0, 0.1) is 0 Å². The Kier molecular flexibility index (Phi) is 6.06. The highest BCUT2D eigenvalue weighted by molar-refractivity contribution is 6.06. The molecule has 0 heterocycles. The number of carbonyl (C=O) groups is 3. The first kappa shape index (κ1) is 17.9. The zero-order chi connectivity index (χ0) is 18.2. The molecule has 1 atom stereocenters. The summed E-state index contributed by atoms with van der Waals surface area (Å²) in [6.45, 7) is 1.28. The lowest BCUT2D eigenvalue weighted by Gasteiger charge is -2.17. The van der Waals surface area contributed by atoms with E-state index in [9.17, 15) is 19.5 Å². The molecule has 0 aliphatic rings. The van der Waals surface area contributed by atoms with Crippen molar-refractivity contribution in [3.05, 3.63) is 77.5 Å². The van der Waals surface area contributed by atoms with Crippen LogP contribution >= 0.6 is 0 Å². The molecule has 2 aromatic carbocycles. The van der Waals surface area contributed by atoms with Crippen molar-refractivity contribution in [1.29, 1.82) is 0 Å². The van der Waals surface area contributed by atoms with Crippen LogP contribution < -0.4 is 15.7 Å². The van der Waals surface area contributed by atoms with Crippen molar-refractivity contribution in [3.63, 3.8) is 0 Å². The minimum absolute atomic E-state index is 0.0619. The van der Waals surface area contributed by atoms with Gasteiger partial charge in [0.2, 0.25) is 0 Å². The predicted octanol–water partition coefficient (Wildman–Crippen LogP) is 0.712. The van der Waals surface area contributed by atoms with E-state index in [0.29, 0.717) is 11.1 Å². The Morgan fingerprint density at radius 3 is 2.08 bits per heavy atom. The molecule has 0 aromatic heterocycles. The quantitative estimate of drug-likeness (QED) is 0.759. The number of nitrogens with one attached hydrogen (secondary N) is 2. The molecule has 0 bridgehead atoms. The molecule has 0 fully saturated rings. The molecule has 128 valence electrons. The summed E-state index contributed by atoms with van der Waals surface area (Å²) in [6, 6.07) is 16.1. The van der Waals surface area contributed by atoms with Crippen LogP contribution in [0.2, 0.25) is 0 Å². The highest BCUT2D eigenvalue weighted by atomic mass is 16.4. The molecule has 0 radical (unpaired) electrons. The molecule has 2 rings (SSSR count). The monoisotopic (exact) mass is 337 g/mol. The second-order valence-corrected chi connectivity index (χ2v) is 5.30. The van der Waals surface area contributed by atoms with Crippen LogP contribution in [0.3, 0.4) is 0 Å². The van der Waals surface area contributed by atoms with E-state index in [1.165, 1.54) is 13.0 Å². The van der Waals surface area contributed by atoms with E-state index in [4.69, 9.17) is 0 Å².